The maximum atomic E-state index is 12.2. The van der Waals surface area contributed by atoms with Crippen LogP contribution in [0.15, 0.2) is 6.07 Å². The van der Waals surface area contributed by atoms with Gasteiger partial charge < -0.3 is 10.2 Å². The number of nitrogens with one attached hydrogen (secondary N) is 2. The Labute approximate surface area is 153 Å². The van der Waals surface area contributed by atoms with Gasteiger partial charge in [-0.1, -0.05) is 0 Å². The monoisotopic (exact) mass is 358 g/mol. The molecular formula is C19H26N4O3. The lowest BCUT2D eigenvalue weighted by Crippen LogP contribution is -2.48. The summed E-state index contributed by atoms with van der Waals surface area (Å²) in [5.41, 5.74) is 5.50. The number of fused-ring (bicyclic) bond motifs is 1. The van der Waals surface area contributed by atoms with Crippen molar-refractivity contribution in [3.05, 3.63) is 28.6 Å². The second kappa shape index (κ2) is 6.63. The van der Waals surface area contributed by atoms with Gasteiger partial charge >= 0.3 is 0 Å². The molecule has 4 rings (SSSR count). The quantitative estimate of drug-likeness (QED) is 0.548. The van der Waals surface area contributed by atoms with Crippen molar-refractivity contribution < 1.29 is 14.8 Å². The van der Waals surface area contributed by atoms with Crippen LogP contribution in [0.1, 0.15) is 65.8 Å². The van der Waals surface area contributed by atoms with E-state index in [9.17, 15) is 9.59 Å². The summed E-state index contributed by atoms with van der Waals surface area (Å²) < 4.78 is 0. The Morgan fingerprint density at radius 2 is 2.08 bits per heavy atom. The van der Waals surface area contributed by atoms with Gasteiger partial charge in [-0.05, 0) is 55.7 Å². The van der Waals surface area contributed by atoms with Gasteiger partial charge in [0.2, 0.25) is 5.91 Å². The Morgan fingerprint density at radius 3 is 2.73 bits per heavy atom. The number of hydrogen-bond acceptors (Lipinski definition) is 5. The zero-order valence-electron chi connectivity index (χ0n) is 15.2. The summed E-state index contributed by atoms with van der Waals surface area (Å²) in [5, 5.41) is 12.5. The zero-order chi connectivity index (χ0) is 18.3. The van der Waals surface area contributed by atoms with Gasteiger partial charge in [-0.25, -0.2) is 5.48 Å². The van der Waals surface area contributed by atoms with Crippen LogP contribution >= 0.6 is 0 Å². The van der Waals surface area contributed by atoms with E-state index in [1.165, 1.54) is 0 Å². The summed E-state index contributed by atoms with van der Waals surface area (Å²) in [7, 11) is 0. The molecule has 0 bridgehead atoms. The smallest absolute Gasteiger partial charge is 0.276 e. The third-order valence-electron chi connectivity index (χ3n) is 6.45. The van der Waals surface area contributed by atoms with Gasteiger partial charge in [-0.3, -0.25) is 19.8 Å². The SMILES string of the molecule is CC(=O)N1CCC2(CC1)CC(c1nc3c(cc1C(=O)NO)CCNC3)C2. The molecule has 26 heavy (non-hydrogen) atoms. The average molecular weight is 358 g/mol. The van der Waals surface area contributed by atoms with Crippen molar-refractivity contribution >= 4 is 11.8 Å². The normalized spacial score (nSPS) is 21.8. The predicted molar refractivity (Wildman–Crippen MR) is 94.8 cm³/mol. The Bertz CT molecular complexity index is 733. The van der Waals surface area contributed by atoms with Gasteiger partial charge in [0.25, 0.3) is 5.91 Å². The van der Waals surface area contributed by atoms with E-state index >= 15 is 0 Å². The number of pyridine rings is 1. The summed E-state index contributed by atoms with van der Waals surface area (Å²) >= 11 is 0. The third-order valence-corrected chi connectivity index (χ3v) is 6.45. The standard InChI is InChI=1S/C19H26N4O3/c1-12(24)23-6-3-19(4-7-23)9-14(10-19)17-15(18(25)22-26)8-13-2-5-20-11-16(13)21-17/h8,14,20,26H,2-7,9-11H2,1H3,(H,22,25). The third kappa shape index (κ3) is 2.99. The molecule has 1 spiro atoms. The highest BCUT2D eigenvalue weighted by Crippen LogP contribution is 2.56. The first-order chi connectivity index (χ1) is 12.5. The Balaban J connectivity index is 1.54. The summed E-state index contributed by atoms with van der Waals surface area (Å²) in [6, 6.07) is 1.91. The van der Waals surface area contributed by atoms with Crippen LogP contribution in [0, 0.1) is 5.41 Å². The minimum Gasteiger partial charge on any atom is -0.343 e. The molecule has 1 saturated carbocycles. The lowest BCUT2D eigenvalue weighted by Gasteiger charge is -2.52. The fourth-order valence-electron chi connectivity index (χ4n) is 4.84. The number of aromatic nitrogens is 1. The highest BCUT2D eigenvalue weighted by Gasteiger charge is 2.48. The maximum absolute atomic E-state index is 12.2. The average Bonchev–Trinajstić information content (AvgIpc) is 2.64. The molecule has 2 aliphatic heterocycles. The van der Waals surface area contributed by atoms with Crippen LogP contribution in [0.2, 0.25) is 0 Å². The summed E-state index contributed by atoms with van der Waals surface area (Å²) in [4.78, 5) is 30.5. The first kappa shape index (κ1) is 17.4. The lowest BCUT2D eigenvalue weighted by atomic mass is 9.56. The van der Waals surface area contributed by atoms with E-state index in [1.807, 2.05) is 11.0 Å². The maximum Gasteiger partial charge on any atom is 0.276 e. The molecule has 1 aromatic rings. The van der Waals surface area contributed by atoms with Crippen molar-refractivity contribution in [2.24, 2.45) is 5.41 Å². The molecule has 1 aliphatic carbocycles. The Hall–Kier alpha value is -1.99. The first-order valence-electron chi connectivity index (χ1n) is 9.45. The summed E-state index contributed by atoms with van der Waals surface area (Å²) in [5.74, 6) is -0.0685. The lowest BCUT2D eigenvalue weighted by molar-refractivity contribution is -0.132. The van der Waals surface area contributed by atoms with Crippen LogP contribution in [-0.4, -0.2) is 46.5 Å². The second-order valence-corrected chi connectivity index (χ2v) is 8.01. The minimum atomic E-state index is -0.471. The summed E-state index contributed by atoms with van der Waals surface area (Å²) in [6.45, 7) is 4.90. The highest BCUT2D eigenvalue weighted by atomic mass is 16.5. The first-order valence-corrected chi connectivity index (χ1v) is 9.45. The van der Waals surface area contributed by atoms with E-state index in [-0.39, 0.29) is 17.2 Å². The van der Waals surface area contributed by atoms with E-state index in [0.29, 0.717) is 5.56 Å². The zero-order valence-corrected chi connectivity index (χ0v) is 15.2. The molecule has 0 aromatic carbocycles. The molecule has 1 saturated heterocycles. The number of carbonyl (C=O) groups excluding carboxylic acids is 2. The van der Waals surface area contributed by atoms with Crippen molar-refractivity contribution in [2.75, 3.05) is 19.6 Å². The van der Waals surface area contributed by atoms with Crippen LogP contribution in [0.5, 0.6) is 0 Å². The molecule has 0 unspecified atom stereocenters. The fourth-order valence-corrected chi connectivity index (χ4v) is 4.84. The molecule has 3 N–H and O–H groups in total. The van der Waals surface area contributed by atoms with Crippen LogP contribution in [0.25, 0.3) is 0 Å². The van der Waals surface area contributed by atoms with E-state index in [4.69, 9.17) is 10.2 Å². The van der Waals surface area contributed by atoms with Crippen LogP contribution in [0.3, 0.4) is 0 Å². The van der Waals surface area contributed by atoms with Crippen LogP contribution in [-0.2, 0) is 17.8 Å². The molecule has 2 fully saturated rings. The number of carbonyl (C=O) groups is 2. The van der Waals surface area contributed by atoms with Crippen molar-refractivity contribution in [1.82, 2.24) is 20.7 Å². The summed E-state index contributed by atoms with van der Waals surface area (Å²) in [6.07, 6.45) is 4.91. The van der Waals surface area contributed by atoms with Gasteiger partial charge in [0.15, 0.2) is 0 Å². The van der Waals surface area contributed by atoms with E-state index < -0.39 is 5.91 Å². The topological polar surface area (TPSA) is 94.6 Å². The van der Waals surface area contributed by atoms with Gasteiger partial charge in [0.1, 0.15) is 0 Å². The largest absolute Gasteiger partial charge is 0.343 e. The molecule has 7 heteroatoms. The van der Waals surface area contributed by atoms with E-state index in [2.05, 4.69) is 5.32 Å². The molecule has 1 aromatic heterocycles. The molecule has 3 aliphatic rings. The number of nitrogens with zero attached hydrogens (tertiary/aromatic N) is 2. The Morgan fingerprint density at radius 1 is 1.35 bits per heavy atom. The molecule has 0 radical (unpaired) electrons. The number of amides is 2. The van der Waals surface area contributed by atoms with Crippen LogP contribution < -0.4 is 10.8 Å². The van der Waals surface area contributed by atoms with Gasteiger partial charge in [0.05, 0.1) is 17.0 Å². The van der Waals surface area contributed by atoms with E-state index in [0.717, 1.165) is 75.2 Å². The minimum absolute atomic E-state index is 0.154. The van der Waals surface area contributed by atoms with Gasteiger partial charge in [-0.2, -0.15) is 0 Å². The number of hydrogen-bond donors (Lipinski definition) is 3. The van der Waals surface area contributed by atoms with Gasteiger partial charge in [-0.15, -0.1) is 0 Å². The van der Waals surface area contributed by atoms with Crippen molar-refractivity contribution in [3.63, 3.8) is 0 Å². The fraction of sp³-hybridized carbons (Fsp3) is 0.632. The predicted octanol–water partition coefficient (Wildman–Crippen LogP) is 1.35. The van der Waals surface area contributed by atoms with Crippen molar-refractivity contribution in [3.8, 4) is 0 Å². The molecule has 3 heterocycles. The molecule has 0 atom stereocenters. The Kier molecular flexibility index (Phi) is 4.44. The molecular weight excluding hydrogens is 332 g/mol. The van der Waals surface area contributed by atoms with Crippen LogP contribution in [0.4, 0.5) is 0 Å². The second-order valence-electron chi connectivity index (χ2n) is 8.01. The van der Waals surface area contributed by atoms with Gasteiger partial charge in [0, 0.05) is 32.5 Å². The molecule has 140 valence electrons. The number of likely N-dealkylation sites (tertiary alicyclic amines) is 1. The molecule has 7 nitrogen and oxygen atoms in total. The number of piperidine rings is 1. The van der Waals surface area contributed by atoms with E-state index in [1.54, 1.807) is 12.4 Å². The molecule has 2 amide bonds. The highest BCUT2D eigenvalue weighted by molar-refractivity contribution is 5.95. The van der Waals surface area contributed by atoms with Crippen molar-refractivity contribution in [1.29, 1.82) is 0 Å². The number of hydroxylamine groups is 1. The number of rotatable bonds is 2. The van der Waals surface area contributed by atoms with Crippen molar-refractivity contribution in [2.45, 2.75) is 51.5 Å².